The molecular formula is C11H17N3S. The Labute approximate surface area is 95.4 Å². The van der Waals surface area contributed by atoms with Crippen molar-refractivity contribution in [2.24, 2.45) is 4.99 Å². The van der Waals surface area contributed by atoms with Gasteiger partial charge in [-0.15, -0.1) is 11.8 Å². The van der Waals surface area contributed by atoms with Crippen LogP contribution in [0.3, 0.4) is 0 Å². The monoisotopic (exact) mass is 223 g/mol. The molecule has 1 aromatic rings. The minimum atomic E-state index is 0.837. The van der Waals surface area contributed by atoms with Gasteiger partial charge in [0.2, 0.25) is 0 Å². The largest absolute Gasteiger partial charge is 0.359 e. The Morgan fingerprint density at radius 3 is 2.67 bits per heavy atom. The highest BCUT2D eigenvalue weighted by Crippen LogP contribution is 2.15. The summed E-state index contributed by atoms with van der Waals surface area (Å²) in [6.45, 7) is 0.910. The maximum absolute atomic E-state index is 4.04. The van der Waals surface area contributed by atoms with Crippen molar-refractivity contribution in [2.45, 2.75) is 4.90 Å². The van der Waals surface area contributed by atoms with Crippen LogP contribution in [0.2, 0.25) is 0 Å². The Kier molecular flexibility index (Phi) is 5.70. The van der Waals surface area contributed by atoms with Crippen LogP contribution < -0.4 is 10.6 Å². The van der Waals surface area contributed by atoms with Crippen molar-refractivity contribution in [1.29, 1.82) is 0 Å². The molecule has 0 aliphatic carbocycles. The average molecular weight is 223 g/mol. The van der Waals surface area contributed by atoms with E-state index in [1.165, 1.54) is 4.90 Å². The van der Waals surface area contributed by atoms with E-state index in [1.807, 2.05) is 24.9 Å². The molecule has 0 unspecified atom stereocenters. The second-order valence-corrected chi connectivity index (χ2v) is 4.08. The summed E-state index contributed by atoms with van der Waals surface area (Å²) in [5, 5.41) is 6.19. The van der Waals surface area contributed by atoms with Crippen molar-refractivity contribution in [3.8, 4) is 0 Å². The quantitative estimate of drug-likeness (QED) is 0.352. The summed E-state index contributed by atoms with van der Waals surface area (Å²) in [5.74, 6) is 1.87. The zero-order valence-corrected chi connectivity index (χ0v) is 9.97. The lowest BCUT2D eigenvalue weighted by molar-refractivity contribution is 0.912. The van der Waals surface area contributed by atoms with Crippen molar-refractivity contribution in [2.75, 3.05) is 26.4 Å². The molecule has 0 aliphatic heterocycles. The molecule has 0 atom stereocenters. The van der Waals surface area contributed by atoms with Gasteiger partial charge in [-0.05, 0) is 12.1 Å². The summed E-state index contributed by atoms with van der Waals surface area (Å²) >= 11 is 1.84. The predicted molar refractivity (Wildman–Crippen MR) is 67.6 cm³/mol. The van der Waals surface area contributed by atoms with Crippen LogP contribution in [0.5, 0.6) is 0 Å². The number of rotatable bonds is 4. The molecule has 0 heterocycles. The molecule has 1 rings (SSSR count). The minimum absolute atomic E-state index is 0.837. The summed E-state index contributed by atoms with van der Waals surface area (Å²) in [7, 11) is 3.63. The van der Waals surface area contributed by atoms with Crippen LogP contribution in [0.4, 0.5) is 0 Å². The lowest BCUT2D eigenvalue weighted by Crippen LogP contribution is -2.35. The first-order valence-corrected chi connectivity index (χ1v) is 5.91. The maximum Gasteiger partial charge on any atom is 0.190 e. The summed E-state index contributed by atoms with van der Waals surface area (Å²) in [4.78, 5) is 5.34. The molecule has 82 valence electrons. The smallest absolute Gasteiger partial charge is 0.190 e. The third-order valence-corrected chi connectivity index (χ3v) is 2.88. The van der Waals surface area contributed by atoms with Crippen LogP contribution in [0.1, 0.15) is 0 Å². The number of hydrogen-bond donors (Lipinski definition) is 2. The van der Waals surface area contributed by atoms with Crippen molar-refractivity contribution in [3.63, 3.8) is 0 Å². The van der Waals surface area contributed by atoms with E-state index in [-0.39, 0.29) is 0 Å². The maximum atomic E-state index is 4.04. The van der Waals surface area contributed by atoms with Gasteiger partial charge in [0, 0.05) is 31.3 Å². The molecule has 0 bridgehead atoms. The van der Waals surface area contributed by atoms with E-state index in [9.17, 15) is 0 Å². The van der Waals surface area contributed by atoms with E-state index in [2.05, 4.69) is 39.9 Å². The molecule has 0 amide bonds. The molecule has 0 spiro atoms. The van der Waals surface area contributed by atoms with Crippen LogP contribution in [0.15, 0.2) is 40.2 Å². The molecule has 15 heavy (non-hydrogen) atoms. The minimum Gasteiger partial charge on any atom is -0.359 e. The number of hydrogen-bond acceptors (Lipinski definition) is 2. The van der Waals surface area contributed by atoms with Crippen LogP contribution in [0.25, 0.3) is 0 Å². The lowest BCUT2D eigenvalue weighted by atomic mass is 10.4. The number of nitrogens with zero attached hydrogens (tertiary/aromatic N) is 1. The van der Waals surface area contributed by atoms with Crippen LogP contribution in [-0.2, 0) is 0 Å². The Balaban J connectivity index is 2.17. The summed E-state index contributed by atoms with van der Waals surface area (Å²) < 4.78 is 0. The Hall–Kier alpha value is -1.16. The van der Waals surface area contributed by atoms with Gasteiger partial charge >= 0.3 is 0 Å². The second kappa shape index (κ2) is 7.17. The predicted octanol–water partition coefficient (Wildman–Crippen LogP) is 1.57. The van der Waals surface area contributed by atoms with E-state index < -0.39 is 0 Å². The zero-order valence-electron chi connectivity index (χ0n) is 9.16. The first kappa shape index (κ1) is 11.9. The SMILES string of the molecule is CN=C(NC)NCCSc1ccccc1. The fraction of sp³-hybridized carbons (Fsp3) is 0.364. The van der Waals surface area contributed by atoms with Crippen LogP contribution in [-0.4, -0.2) is 32.4 Å². The fourth-order valence-corrected chi connectivity index (χ4v) is 1.92. The number of guanidine groups is 1. The normalized spacial score (nSPS) is 11.2. The van der Waals surface area contributed by atoms with E-state index >= 15 is 0 Å². The topological polar surface area (TPSA) is 36.4 Å². The van der Waals surface area contributed by atoms with Gasteiger partial charge < -0.3 is 10.6 Å². The van der Waals surface area contributed by atoms with Gasteiger partial charge in [0.1, 0.15) is 0 Å². The van der Waals surface area contributed by atoms with E-state index in [4.69, 9.17) is 0 Å². The first-order chi connectivity index (χ1) is 7.36. The van der Waals surface area contributed by atoms with Gasteiger partial charge in [-0.2, -0.15) is 0 Å². The molecule has 0 saturated heterocycles. The molecular weight excluding hydrogens is 206 g/mol. The van der Waals surface area contributed by atoms with Gasteiger partial charge in [-0.3, -0.25) is 4.99 Å². The van der Waals surface area contributed by atoms with Gasteiger partial charge in [-0.1, -0.05) is 18.2 Å². The van der Waals surface area contributed by atoms with Gasteiger partial charge in [0.15, 0.2) is 5.96 Å². The highest BCUT2D eigenvalue weighted by Gasteiger charge is 1.94. The molecule has 2 N–H and O–H groups in total. The number of nitrogens with one attached hydrogen (secondary N) is 2. The van der Waals surface area contributed by atoms with Crippen molar-refractivity contribution >= 4 is 17.7 Å². The van der Waals surface area contributed by atoms with Gasteiger partial charge in [0.05, 0.1) is 0 Å². The molecule has 0 aromatic heterocycles. The Bertz CT molecular complexity index is 298. The van der Waals surface area contributed by atoms with E-state index in [0.717, 1.165) is 18.3 Å². The molecule has 0 radical (unpaired) electrons. The second-order valence-electron chi connectivity index (χ2n) is 2.91. The van der Waals surface area contributed by atoms with Gasteiger partial charge in [-0.25, -0.2) is 0 Å². The third-order valence-electron chi connectivity index (χ3n) is 1.87. The highest BCUT2D eigenvalue weighted by atomic mass is 32.2. The first-order valence-electron chi connectivity index (χ1n) is 4.93. The number of aliphatic imine (C=N–C) groups is 1. The lowest BCUT2D eigenvalue weighted by Gasteiger charge is -2.07. The standard InChI is InChI=1S/C11H17N3S/c1-12-11(13-2)14-8-9-15-10-6-4-3-5-7-10/h3-7H,8-9H2,1-2H3,(H2,12,13,14). The number of thioether (sulfide) groups is 1. The fourth-order valence-electron chi connectivity index (χ4n) is 1.13. The van der Waals surface area contributed by atoms with Crippen molar-refractivity contribution in [1.82, 2.24) is 10.6 Å². The van der Waals surface area contributed by atoms with Crippen molar-refractivity contribution in [3.05, 3.63) is 30.3 Å². The highest BCUT2D eigenvalue weighted by molar-refractivity contribution is 7.99. The molecule has 0 aliphatic rings. The summed E-state index contributed by atoms with van der Waals surface area (Å²) in [6.07, 6.45) is 0. The number of benzene rings is 1. The van der Waals surface area contributed by atoms with Gasteiger partial charge in [0.25, 0.3) is 0 Å². The van der Waals surface area contributed by atoms with Crippen LogP contribution in [0, 0.1) is 0 Å². The Morgan fingerprint density at radius 2 is 2.07 bits per heavy atom. The van der Waals surface area contributed by atoms with E-state index in [1.54, 1.807) is 7.05 Å². The zero-order chi connectivity index (χ0) is 10.9. The van der Waals surface area contributed by atoms with E-state index in [0.29, 0.717) is 0 Å². The molecule has 1 aromatic carbocycles. The molecule has 4 heteroatoms. The average Bonchev–Trinajstić information content (AvgIpc) is 2.31. The molecule has 0 saturated carbocycles. The Morgan fingerprint density at radius 1 is 1.33 bits per heavy atom. The molecule has 0 fully saturated rings. The van der Waals surface area contributed by atoms with Crippen LogP contribution >= 0.6 is 11.8 Å². The summed E-state index contributed by atoms with van der Waals surface area (Å²) in [6, 6.07) is 10.4. The summed E-state index contributed by atoms with van der Waals surface area (Å²) in [5.41, 5.74) is 0. The molecule has 3 nitrogen and oxygen atoms in total. The third kappa shape index (κ3) is 4.74. The van der Waals surface area contributed by atoms with Crippen molar-refractivity contribution < 1.29 is 0 Å².